The fourth-order valence-corrected chi connectivity index (χ4v) is 3.12. The average Bonchev–Trinajstić information content (AvgIpc) is 3.35. The molecule has 0 bridgehead atoms. The molecule has 4 rings (SSSR count). The zero-order chi connectivity index (χ0) is 20.2. The molecule has 0 saturated carbocycles. The summed E-state index contributed by atoms with van der Waals surface area (Å²) in [7, 11) is 0. The van der Waals surface area contributed by atoms with Crippen LogP contribution in [0.1, 0.15) is 11.1 Å². The molecule has 3 aromatic rings. The maximum Gasteiger partial charge on any atom is 0.324 e. The van der Waals surface area contributed by atoms with Crippen LogP contribution in [-0.4, -0.2) is 39.1 Å². The largest absolute Gasteiger partial charge is 0.329 e. The van der Waals surface area contributed by atoms with Gasteiger partial charge in [-0.05, 0) is 41.5 Å². The monoisotopic (exact) mass is 389 g/mol. The Kier molecular flexibility index (Phi) is 5.07. The van der Waals surface area contributed by atoms with Gasteiger partial charge in [0.1, 0.15) is 0 Å². The lowest BCUT2D eigenvalue weighted by Crippen LogP contribution is -2.30. The Labute approximate surface area is 167 Å². The lowest BCUT2D eigenvalue weighted by atomic mass is 10.1. The summed E-state index contributed by atoms with van der Waals surface area (Å²) in [6, 6.07) is 16.2. The van der Waals surface area contributed by atoms with E-state index in [4.69, 9.17) is 0 Å². The molecule has 2 N–H and O–H groups in total. The second-order valence-electron chi connectivity index (χ2n) is 6.68. The Morgan fingerprint density at radius 2 is 1.90 bits per heavy atom. The van der Waals surface area contributed by atoms with E-state index in [1.54, 1.807) is 29.1 Å². The number of amides is 4. The number of carbonyl (C=O) groups excluding carboxylic acids is 3. The van der Waals surface area contributed by atoms with Crippen molar-refractivity contribution in [3.05, 3.63) is 78.1 Å². The first-order valence-corrected chi connectivity index (χ1v) is 9.14. The van der Waals surface area contributed by atoms with E-state index in [2.05, 4.69) is 15.7 Å². The molecule has 1 aliphatic heterocycles. The van der Waals surface area contributed by atoms with Crippen molar-refractivity contribution in [1.82, 2.24) is 20.0 Å². The summed E-state index contributed by atoms with van der Waals surface area (Å²) >= 11 is 0. The molecule has 0 aliphatic carbocycles. The standard InChI is InChI=1S/C21H19N5O3/c27-19(12-15-5-7-18(8-6-15)26-10-2-9-23-26)24-17-4-1-3-16(11-17)14-25-20(28)13-22-21(25)29/h1-11H,12-14H2,(H,22,29)(H,24,27). The quantitative estimate of drug-likeness (QED) is 0.631. The number of rotatable bonds is 6. The number of anilines is 1. The fraction of sp³-hybridized carbons (Fsp3) is 0.143. The van der Waals surface area contributed by atoms with Crippen molar-refractivity contribution in [2.24, 2.45) is 0 Å². The Morgan fingerprint density at radius 1 is 1.07 bits per heavy atom. The van der Waals surface area contributed by atoms with E-state index in [-0.39, 0.29) is 31.3 Å². The molecule has 1 aromatic heterocycles. The highest BCUT2D eigenvalue weighted by molar-refractivity contribution is 6.01. The number of aromatic nitrogens is 2. The predicted molar refractivity (Wildman–Crippen MR) is 106 cm³/mol. The summed E-state index contributed by atoms with van der Waals surface area (Å²) in [6.07, 6.45) is 3.80. The zero-order valence-electron chi connectivity index (χ0n) is 15.5. The van der Waals surface area contributed by atoms with Crippen LogP contribution >= 0.6 is 0 Å². The molecule has 2 heterocycles. The highest BCUT2D eigenvalue weighted by atomic mass is 16.2. The Bertz CT molecular complexity index is 1030. The van der Waals surface area contributed by atoms with Gasteiger partial charge in [0.05, 0.1) is 25.2 Å². The molecule has 0 spiro atoms. The van der Waals surface area contributed by atoms with E-state index in [9.17, 15) is 14.4 Å². The third-order valence-electron chi connectivity index (χ3n) is 4.56. The topological polar surface area (TPSA) is 96.3 Å². The van der Waals surface area contributed by atoms with E-state index in [0.29, 0.717) is 5.69 Å². The van der Waals surface area contributed by atoms with E-state index in [1.807, 2.05) is 42.6 Å². The summed E-state index contributed by atoms with van der Waals surface area (Å²) in [6.45, 7) is 0.192. The number of imide groups is 1. The number of hydrogen-bond acceptors (Lipinski definition) is 4. The lowest BCUT2D eigenvalue weighted by molar-refractivity contribution is -0.125. The van der Waals surface area contributed by atoms with Gasteiger partial charge in [-0.15, -0.1) is 0 Å². The molecular weight excluding hydrogens is 370 g/mol. The molecule has 8 heteroatoms. The minimum Gasteiger partial charge on any atom is -0.329 e. The summed E-state index contributed by atoms with van der Waals surface area (Å²) < 4.78 is 1.75. The molecule has 0 atom stereocenters. The van der Waals surface area contributed by atoms with Crippen LogP contribution < -0.4 is 10.6 Å². The van der Waals surface area contributed by atoms with E-state index in [1.165, 1.54) is 0 Å². The van der Waals surface area contributed by atoms with Gasteiger partial charge in [-0.2, -0.15) is 5.10 Å². The average molecular weight is 389 g/mol. The molecule has 0 radical (unpaired) electrons. The summed E-state index contributed by atoms with van der Waals surface area (Å²) in [5, 5.41) is 9.52. The summed E-state index contributed by atoms with van der Waals surface area (Å²) in [5.74, 6) is -0.410. The molecule has 1 saturated heterocycles. The number of carbonyl (C=O) groups is 3. The van der Waals surface area contributed by atoms with Gasteiger partial charge < -0.3 is 10.6 Å². The maximum absolute atomic E-state index is 12.4. The first kappa shape index (κ1) is 18.4. The van der Waals surface area contributed by atoms with Crippen LogP contribution in [0.3, 0.4) is 0 Å². The van der Waals surface area contributed by atoms with Crippen molar-refractivity contribution in [2.45, 2.75) is 13.0 Å². The van der Waals surface area contributed by atoms with Gasteiger partial charge in [0.25, 0.3) is 0 Å². The van der Waals surface area contributed by atoms with Crippen molar-refractivity contribution in [2.75, 3.05) is 11.9 Å². The molecule has 2 aromatic carbocycles. The van der Waals surface area contributed by atoms with Gasteiger partial charge in [-0.25, -0.2) is 9.48 Å². The molecule has 146 valence electrons. The van der Waals surface area contributed by atoms with Gasteiger partial charge >= 0.3 is 6.03 Å². The number of nitrogens with one attached hydrogen (secondary N) is 2. The number of urea groups is 1. The van der Waals surface area contributed by atoms with Crippen molar-refractivity contribution in [3.8, 4) is 5.69 Å². The Morgan fingerprint density at radius 3 is 2.59 bits per heavy atom. The second-order valence-corrected chi connectivity index (χ2v) is 6.68. The molecule has 29 heavy (non-hydrogen) atoms. The molecule has 0 unspecified atom stereocenters. The van der Waals surface area contributed by atoms with Crippen LogP contribution in [0.5, 0.6) is 0 Å². The number of hydrogen-bond donors (Lipinski definition) is 2. The van der Waals surface area contributed by atoms with Crippen LogP contribution in [0.4, 0.5) is 10.5 Å². The van der Waals surface area contributed by atoms with Crippen LogP contribution in [0.15, 0.2) is 67.0 Å². The Balaban J connectivity index is 1.37. The van der Waals surface area contributed by atoms with E-state index < -0.39 is 6.03 Å². The summed E-state index contributed by atoms with van der Waals surface area (Å²) in [4.78, 5) is 36.9. The van der Waals surface area contributed by atoms with Gasteiger partial charge in [0.15, 0.2) is 0 Å². The van der Waals surface area contributed by atoms with E-state index in [0.717, 1.165) is 21.7 Å². The molecule has 1 aliphatic rings. The minimum atomic E-state index is -0.400. The van der Waals surface area contributed by atoms with Crippen molar-refractivity contribution >= 4 is 23.5 Å². The second kappa shape index (κ2) is 7.97. The lowest BCUT2D eigenvalue weighted by Gasteiger charge is -2.13. The van der Waals surface area contributed by atoms with E-state index >= 15 is 0 Å². The van der Waals surface area contributed by atoms with Crippen molar-refractivity contribution < 1.29 is 14.4 Å². The SMILES string of the molecule is O=C(Cc1ccc(-n2cccn2)cc1)Nc1cccc(CN2C(=O)CNC2=O)c1. The highest BCUT2D eigenvalue weighted by Crippen LogP contribution is 2.15. The normalized spacial score (nSPS) is 13.4. The van der Waals surface area contributed by atoms with Gasteiger partial charge in [-0.1, -0.05) is 24.3 Å². The van der Waals surface area contributed by atoms with Crippen LogP contribution in [-0.2, 0) is 22.6 Å². The molecule has 1 fully saturated rings. The Hall–Kier alpha value is -3.94. The zero-order valence-corrected chi connectivity index (χ0v) is 15.5. The van der Waals surface area contributed by atoms with Crippen LogP contribution in [0.2, 0.25) is 0 Å². The predicted octanol–water partition coefficient (Wildman–Crippen LogP) is 2.11. The van der Waals surface area contributed by atoms with Crippen LogP contribution in [0, 0.1) is 0 Å². The van der Waals surface area contributed by atoms with Gasteiger partial charge in [0.2, 0.25) is 11.8 Å². The first-order chi connectivity index (χ1) is 14.1. The summed E-state index contributed by atoms with van der Waals surface area (Å²) in [5.41, 5.74) is 3.19. The number of benzene rings is 2. The van der Waals surface area contributed by atoms with Gasteiger partial charge in [-0.3, -0.25) is 14.5 Å². The molecule has 4 amide bonds. The molecular formula is C21H19N5O3. The third-order valence-corrected chi connectivity index (χ3v) is 4.56. The van der Waals surface area contributed by atoms with Crippen molar-refractivity contribution in [3.63, 3.8) is 0 Å². The maximum atomic E-state index is 12.4. The van der Waals surface area contributed by atoms with Gasteiger partial charge in [0, 0.05) is 18.1 Å². The fourth-order valence-electron chi connectivity index (χ4n) is 3.12. The first-order valence-electron chi connectivity index (χ1n) is 9.14. The van der Waals surface area contributed by atoms with Crippen molar-refractivity contribution in [1.29, 1.82) is 0 Å². The smallest absolute Gasteiger partial charge is 0.324 e. The number of nitrogens with zero attached hydrogens (tertiary/aromatic N) is 3. The van der Waals surface area contributed by atoms with Crippen LogP contribution in [0.25, 0.3) is 5.69 Å². The third kappa shape index (κ3) is 4.32. The molecule has 8 nitrogen and oxygen atoms in total. The highest BCUT2D eigenvalue weighted by Gasteiger charge is 2.28. The minimum absolute atomic E-state index is 0.0223.